The molecule has 2 aromatic carbocycles. The highest BCUT2D eigenvalue weighted by Gasteiger charge is 2.89. The number of aliphatic hydroxyl groups excluding tert-OH is 1. The van der Waals surface area contributed by atoms with E-state index in [2.05, 4.69) is 0 Å². The van der Waals surface area contributed by atoms with E-state index in [1.807, 2.05) is 61.5 Å². The highest BCUT2D eigenvalue weighted by atomic mass is 16.3. The molecule has 1 unspecified atom stereocenters. The van der Waals surface area contributed by atoms with Crippen LogP contribution in [0.4, 0.5) is 0 Å². The Morgan fingerprint density at radius 2 is 1.42 bits per heavy atom. The molecule has 5 atom stereocenters. The van der Waals surface area contributed by atoms with Crippen LogP contribution in [0.15, 0.2) is 54.6 Å². The summed E-state index contributed by atoms with van der Waals surface area (Å²) in [6.45, 7) is 3.58. The van der Waals surface area contributed by atoms with Gasteiger partial charge >= 0.3 is 0 Å². The summed E-state index contributed by atoms with van der Waals surface area (Å²) in [5, 5.41) is 10.8. The minimum Gasteiger partial charge on any atom is -0.384 e. The van der Waals surface area contributed by atoms with Gasteiger partial charge in [-0.15, -0.1) is 0 Å². The third kappa shape index (κ3) is 1.09. The lowest BCUT2D eigenvalue weighted by molar-refractivity contribution is -0.149. The predicted octanol–water partition coefficient (Wildman–Crippen LogP) is 2.39. The van der Waals surface area contributed by atoms with Crippen molar-refractivity contribution in [2.45, 2.75) is 30.8 Å². The van der Waals surface area contributed by atoms with Gasteiger partial charge in [-0.05, 0) is 23.6 Å². The Kier molecular flexibility index (Phi) is 2.27. The molecule has 3 aliphatic carbocycles. The van der Waals surface area contributed by atoms with Crippen LogP contribution in [-0.4, -0.2) is 22.8 Å². The fraction of sp³-hybridized carbons (Fsp3) is 0.333. The highest BCUT2D eigenvalue weighted by molar-refractivity contribution is 6.17. The van der Waals surface area contributed by atoms with Crippen molar-refractivity contribution in [2.75, 3.05) is 0 Å². The highest BCUT2D eigenvalue weighted by Crippen LogP contribution is 2.80. The van der Waals surface area contributed by atoms with Gasteiger partial charge in [0.05, 0.1) is 10.8 Å². The Hall–Kier alpha value is -2.26. The summed E-state index contributed by atoms with van der Waals surface area (Å²) in [4.78, 5) is 26.5. The SMILES string of the molecule is C[C@]12C(=O)C3[C@@](c4ccccc4)(c4ccccc41)[C@@]3(C)C(=O)[C@@H]2O. The third-order valence-electron chi connectivity index (χ3n) is 6.97. The molecule has 2 aromatic rings. The number of ketones is 2. The van der Waals surface area contributed by atoms with Crippen molar-refractivity contribution >= 4 is 11.6 Å². The minimum absolute atomic E-state index is 0.000321. The number of hydrogen-bond acceptors (Lipinski definition) is 3. The van der Waals surface area contributed by atoms with E-state index in [0.29, 0.717) is 0 Å². The van der Waals surface area contributed by atoms with Gasteiger partial charge in [0.1, 0.15) is 6.10 Å². The lowest BCUT2D eigenvalue weighted by Gasteiger charge is -2.40. The van der Waals surface area contributed by atoms with Crippen molar-refractivity contribution < 1.29 is 14.7 Å². The van der Waals surface area contributed by atoms with Gasteiger partial charge < -0.3 is 5.11 Å². The zero-order chi connectivity index (χ0) is 16.9. The van der Waals surface area contributed by atoms with Gasteiger partial charge in [-0.1, -0.05) is 61.5 Å². The number of rotatable bonds is 1. The molecule has 0 saturated heterocycles. The fourth-order valence-electron chi connectivity index (χ4n) is 5.71. The zero-order valence-electron chi connectivity index (χ0n) is 13.6. The van der Waals surface area contributed by atoms with Crippen LogP contribution in [0.3, 0.4) is 0 Å². The van der Waals surface area contributed by atoms with Gasteiger partial charge in [-0.2, -0.15) is 0 Å². The second kappa shape index (κ2) is 3.86. The van der Waals surface area contributed by atoms with Gasteiger partial charge in [0.15, 0.2) is 11.6 Å². The molecule has 5 rings (SSSR count). The molecule has 2 fully saturated rings. The monoisotopic (exact) mass is 318 g/mol. The second-order valence-corrected chi connectivity index (χ2v) is 7.69. The Morgan fingerprint density at radius 3 is 2.08 bits per heavy atom. The van der Waals surface area contributed by atoms with Crippen molar-refractivity contribution in [3.05, 3.63) is 71.3 Å². The first-order chi connectivity index (χ1) is 11.4. The van der Waals surface area contributed by atoms with E-state index < -0.39 is 22.3 Å². The van der Waals surface area contributed by atoms with Crippen LogP contribution in [0.1, 0.15) is 30.5 Å². The van der Waals surface area contributed by atoms with Crippen molar-refractivity contribution in [1.29, 1.82) is 0 Å². The molecule has 3 heteroatoms. The molecule has 0 spiro atoms. The first-order valence-corrected chi connectivity index (χ1v) is 8.35. The quantitative estimate of drug-likeness (QED) is 0.878. The number of Topliss-reactive ketones (excluding diaryl/α,β-unsaturated/α-hetero) is 2. The van der Waals surface area contributed by atoms with Gasteiger partial charge in [0, 0.05) is 11.3 Å². The topological polar surface area (TPSA) is 54.4 Å². The molecule has 0 aliphatic heterocycles. The standard InChI is InChI=1S/C21H18O3/c1-19-13-10-6-7-11-14(13)21(12-8-4-3-5-9-12)15(16(19)22)20(21,2)18(24)17(19)23/h3-11,15,17,23H,1-2H3/t15?,17-,19+,20+,21+/m0/s1. The number of benzene rings is 2. The Morgan fingerprint density at radius 1 is 0.833 bits per heavy atom. The van der Waals surface area contributed by atoms with Crippen LogP contribution >= 0.6 is 0 Å². The molecule has 0 amide bonds. The van der Waals surface area contributed by atoms with E-state index in [4.69, 9.17) is 0 Å². The van der Waals surface area contributed by atoms with Gasteiger partial charge in [0.2, 0.25) is 0 Å². The van der Waals surface area contributed by atoms with E-state index in [1.54, 1.807) is 6.92 Å². The van der Waals surface area contributed by atoms with E-state index in [-0.39, 0.29) is 17.5 Å². The summed E-state index contributed by atoms with van der Waals surface area (Å²) in [7, 11) is 0. The van der Waals surface area contributed by atoms with Gasteiger partial charge in [0.25, 0.3) is 0 Å². The number of fused-ring (bicyclic) bond motifs is 5. The van der Waals surface area contributed by atoms with Crippen LogP contribution in [0, 0.1) is 11.3 Å². The molecule has 120 valence electrons. The minimum atomic E-state index is -1.28. The number of hydrogen-bond donors (Lipinski definition) is 1. The van der Waals surface area contributed by atoms with Crippen molar-refractivity contribution in [2.24, 2.45) is 11.3 Å². The lowest BCUT2D eigenvalue weighted by atomic mass is 9.62. The molecular formula is C21H18O3. The Balaban J connectivity index is 1.96. The maximum Gasteiger partial charge on any atom is 0.170 e. The smallest absolute Gasteiger partial charge is 0.170 e. The summed E-state index contributed by atoms with van der Waals surface area (Å²) >= 11 is 0. The summed E-state index contributed by atoms with van der Waals surface area (Å²) in [5.41, 5.74) is 0.176. The first kappa shape index (κ1) is 14.1. The summed E-state index contributed by atoms with van der Waals surface area (Å²) in [5.74, 6) is -0.586. The van der Waals surface area contributed by atoms with Crippen LogP contribution in [0.2, 0.25) is 0 Å². The summed E-state index contributed by atoms with van der Waals surface area (Å²) < 4.78 is 0. The van der Waals surface area contributed by atoms with E-state index in [1.165, 1.54) is 0 Å². The third-order valence-corrected chi connectivity index (χ3v) is 6.97. The number of aliphatic hydroxyl groups is 1. The molecular weight excluding hydrogens is 300 g/mol. The average Bonchev–Trinajstić information content (AvgIpc) is 3.22. The van der Waals surface area contributed by atoms with Crippen LogP contribution in [-0.2, 0) is 20.4 Å². The van der Waals surface area contributed by atoms with Crippen molar-refractivity contribution in [3.8, 4) is 0 Å². The van der Waals surface area contributed by atoms with Crippen molar-refractivity contribution in [3.63, 3.8) is 0 Å². The predicted molar refractivity (Wildman–Crippen MR) is 88.6 cm³/mol. The maximum absolute atomic E-state index is 13.3. The largest absolute Gasteiger partial charge is 0.384 e. The number of carbonyl (C=O) groups is 2. The number of carbonyl (C=O) groups excluding carboxylic acids is 2. The van der Waals surface area contributed by atoms with E-state index in [9.17, 15) is 14.7 Å². The van der Waals surface area contributed by atoms with Gasteiger partial charge in [-0.25, -0.2) is 0 Å². The normalized spacial score (nSPS) is 41.8. The van der Waals surface area contributed by atoms with Crippen LogP contribution in [0.25, 0.3) is 0 Å². The molecule has 2 bridgehead atoms. The molecule has 2 saturated carbocycles. The van der Waals surface area contributed by atoms with Crippen LogP contribution in [0.5, 0.6) is 0 Å². The maximum atomic E-state index is 13.3. The molecule has 3 aliphatic rings. The molecule has 24 heavy (non-hydrogen) atoms. The fourth-order valence-corrected chi connectivity index (χ4v) is 5.71. The van der Waals surface area contributed by atoms with Crippen molar-refractivity contribution in [1.82, 2.24) is 0 Å². The molecule has 0 heterocycles. The van der Waals surface area contributed by atoms with Gasteiger partial charge in [-0.3, -0.25) is 9.59 Å². The average molecular weight is 318 g/mol. The van der Waals surface area contributed by atoms with Crippen LogP contribution < -0.4 is 0 Å². The Labute approximate surface area is 140 Å². The zero-order valence-corrected chi connectivity index (χ0v) is 13.6. The summed E-state index contributed by atoms with van der Waals surface area (Å²) in [6.07, 6.45) is -1.28. The molecule has 3 nitrogen and oxygen atoms in total. The molecule has 1 N–H and O–H groups in total. The molecule has 0 radical (unpaired) electrons. The Bertz CT molecular complexity index is 918. The summed E-state index contributed by atoms with van der Waals surface area (Å²) in [6, 6.07) is 17.6. The first-order valence-electron chi connectivity index (χ1n) is 8.35. The van der Waals surface area contributed by atoms with E-state index in [0.717, 1.165) is 16.7 Å². The lowest BCUT2D eigenvalue weighted by Crippen LogP contribution is -2.55. The second-order valence-electron chi connectivity index (χ2n) is 7.69. The molecule has 0 aromatic heterocycles. The van der Waals surface area contributed by atoms with E-state index >= 15 is 0 Å².